The summed E-state index contributed by atoms with van der Waals surface area (Å²) in [6.45, 7) is 0. The maximum Gasteiger partial charge on any atom is 0.342 e. The first-order chi connectivity index (χ1) is 17.2. The second-order valence-electron chi connectivity index (χ2n) is 7.91. The van der Waals surface area contributed by atoms with E-state index in [0.29, 0.717) is 22.3 Å². The number of methoxy groups -OCH3 is 2. The van der Waals surface area contributed by atoms with Crippen molar-refractivity contribution >= 4 is 11.9 Å². The SMILES string of the molecule is COC(=O)c1c(O)cc(O)cc1-c1ccc(-c2ccc(-c3cc(O)cc(O)c3C(=O)OC)cc2)cc1. The Balaban J connectivity index is 1.69. The molecule has 0 aliphatic heterocycles. The molecule has 0 aliphatic rings. The molecule has 0 fully saturated rings. The fraction of sp³-hybridized carbons (Fsp3) is 0.0714. The maximum atomic E-state index is 12.2. The Bertz CT molecular complexity index is 1340. The zero-order valence-corrected chi connectivity index (χ0v) is 19.4. The van der Waals surface area contributed by atoms with Crippen molar-refractivity contribution in [3.8, 4) is 56.4 Å². The van der Waals surface area contributed by atoms with E-state index < -0.39 is 11.9 Å². The molecular weight excluding hydrogens is 464 g/mol. The molecule has 36 heavy (non-hydrogen) atoms. The van der Waals surface area contributed by atoms with Crippen LogP contribution in [-0.4, -0.2) is 46.6 Å². The van der Waals surface area contributed by atoms with E-state index in [4.69, 9.17) is 9.47 Å². The zero-order chi connectivity index (χ0) is 26.0. The number of phenolic OH excluding ortho intramolecular Hbond substituents is 4. The lowest BCUT2D eigenvalue weighted by Gasteiger charge is -2.13. The third kappa shape index (κ3) is 4.52. The highest BCUT2D eigenvalue weighted by atomic mass is 16.5. The summed E-state index contributed by atoms with van der Waals surface area (Å²) in [5.74, 6) is -2.63. The number of benzene rings is 4. The molecule has 0 unspecified atom stereocenters. The van der Waals surface area contributed by atoms with Gasteiger partial charge >= 0.3 is 11.9 Å². The van der Waals surface area contributed by atoms with Crippen molar-refractivity contribution in [1.29, 1.82) is 0 Å². The minimum atomic E-state index is -0.730. The van der Waals surface area contributed by atoms with Gasteiger partial charge in [-0.25, -0.2) is 9.59 Å². The molecule has 0 saturated heterocycles. The van der Waals surface area contributed by atoms with Crippen molar-refractivity contribution in [2.24, 2.45) is 0 Å². The zero-order valence-electron chi connectivity index (χ0n) is 19.4. The fourth-order valence-corrected chi connectivity index (χ4v) is 4.00. The highest BCUT2D eigenvalue weighted by Gasteiger charge is 2.21. The van der Waals surface area contributed by atoms with Crippen LogP contribution in [0, 0.1) is 0 Å². The van der Waals surface area contributed by atoms with Crippen LogP contribution >= 0.6 is 0 Å². The van der Waals surface area contributed by atoms with Gasteiger partial charge < -0.3 is 29.9 Å². The molecule has 0 bridgehead atoms. The van der Waals surface area contributed by atoms with Crippen molar-refractivity contribution in [3.05, 3.63) is 83.9 Å². The Morgan fingerprint density at radius 2 is 0.833 bits per heavy atom. The molecule has 0 amide bonds. The van der Waals surface area contributed by atoms with E-state index in [9.17, 15) is 30.0 Å². The first kappa shape index (κ1) is 24.2. The van der Waals surface area contributed by atoms with E-state index in [1.54, 1.807) is 24.3 Å². The Morgan fingerprint density at radius 1 is 0.528 bits per heavy atom. The Morgan fingerprint density at radius 3 is 1.14 bits per heavy atom. The summed E-state index contributed by atoms with van der Waals surface area (Å²) in [5, 5.41) is 40.2. The van der Waals surface area contributed by atoms with Gasteiger partial charge in [-0.05, 0) is 34.4 Å². The average molecular weight is 486 g/mol. The fourth-order valence-electron chi connectivity index (χ4n) is 4.00. The number of carbonyl (C=O) groups is 2. The molecule has 0 atom stereocenters. The molecular formula is C28H22O8. The molecule has 0 heterocycles. The standard InChI is InChI=1S/C28H22O8/c1-35-27(33)25-21(11-19(29)13-23(25)31)17-7-3-15(4-8-17)16-5-9-18(10-6-16)22-12-20(30)14-24(32)26(22)28(34)36-2/h3-14,29-32H,1-2H3. The number of hydrogen-bond acceptors (Lipinski definition) is 8. The molecule has 4 aromatic rings. The number of aromatic hydroxyl groups is 4. The summed E-state index contributed by atoms with van der Waals surface area (Å²) in [5.41, 5.74) is 3.37. The normalized spacial score (nSPS) is 10.6. The van der Waals surface area contributed by atoms with Gasteiger partial charge in [-0.2, -0.15) is 0 Å². The second-order valence-corrected chi connectivity index (χ2v) is 7.91. The van der Waals surface area contributed by atoms with Crippen LogP contribution in [0.15, 0.2) is 72.8 Å². The van der Waals surface area contributed by atoms with E-state index in [0.717, 1.165) is 23.3 Å². The van der Waals surface area contributed by atoms with Crippen LogP contribution in [-0.2, 0) is 9.47 Å². The molecule has 182 valence electrons. The van der Waals surface area contributed by atoms with Gasteiger partial charge in [0.2, 0.25) is 0 Å². The minimum absolute atomic E-state index is 0.0526. The largest absolute Gasteiger partial charge is 0.508 e. The molecule has 0 saturated carbocycles. The van der Waals surface area contributed by atoms with Gasteiger partial charge in [0, 0.05) is 23.3 Å². The third-order valence-electron chi connectivity index (χ3n) is 5.71. The lowest BCUT2D eigenvalue weighted by atomic mass is 9.94. The summed E-state index contributed by atoms with van der Waals surface area (Å²) < 4.78 is 9.53. The lowest BCUT2D eigenvalue weighted by Crippen LogP contribution is -2.04. The summed E-state index contributed by atoms with van der Waals surface area (Å²) in [6, 6.07) is 19.1. The Labute approximate surface area is 206 Å². The highest BCUT2D eigenvalue weighted by molar-refractivity contribution is 6.01. The topological polar surface area (TPSA) is 134 Å². The van der Waals surface area contributed by atoms with Crippen LogP contribution in [0.3, 0.4) is 0 Å². The minimum Gasteiger partial charge on any atom is -0.508 e. The Kier molecular flexibility index (Phi) is 6.52. The van der Waals surface area contributed by atoms with E-state index in [1.165, 1.54) is 26.4 Å². The van der Waals surface area contributed by atoms with E-state index in [2.05, 4.69) is 0 Å². The average Bonchev–Trinajstić information content (AvgIpc) is 2.87. The maximum absolute atomic E-state index is 12.2. The smallest absolute Gasteiger partial charge is 0.342 e. The summed E-state index contributed by atoms with van der Waals surface area (Å²) in [6.07, 6.45) is 0. The van der Waals surface area contributed by atoms with E-state index in [1.807, 2.05) is 24.3 Å². The highest BCUT2D eigenvalue weighted by Crippen LogP contribution is 2.37. The van der Waals surface area contributed by atoms with Gasteiger partial charge in [0.15, 0.2) is 0 Å². The number of phenols is 4. The molecule has 8 heteroatoms. The molecule has 0 spiro atoms. The van der Waals surface area contributed by atoms with Gasteiger partial charge in [0.25, 0.3) is 0 Å². The number of ether oxygens (including phenoxy) is 2. The van der Waals surface area contributed by atoms with Gasteiger partial charge in [0.05, 0.1) is 14.2 Å². The lowest BCUT2D eigenvalue weighted by molar-refractivity contribution is 0.0589. The molecule has 4 aromatic carbocycles. The molecule has 0 aromatic heterocycles. The van der Waals surface area contributed by atoms with Crippen LogP contribution in [0.2, 0.25) is 0 Å². The predicted octanol–water partition coefficient (Wildman–Crippen LogP) is 5.08. The van der Waals surface area contributed by atoms with Crippen LogP contribution in [0.25, 0.3) is 33.4 Å². The predicted molar refractivity (Wildman–Crippen MR) is 132 cm³/mol. The van der Waals surface area contributed by atoms with Gasteiger partial charge in [0.1, 0.15) is 34.1 Å². The third-order valence-corrected chi connectivity index (χ3v) is 5.71. The number of carbonyl (C=O) groups excluding carboxylic acids is 2. The summed E-state index contributed by atoms with van der Waals surface area (Å²) >= 11 is 0. The molecule has 0 aliphatic carbocycles. The van der Waals surface area contributed by atoms with E-state index >= 15 is 0 Å². The molecule has 0 radical (unpaired) electrons. The first-order valence-corrected chi connectivity index (χ1v) is 10.7. The van der Waals surface area contributed by atoms with Crippen molar-refractivity contribution < 1.29 is 39.5 Å². The van der Waals surface area contributed by atoms with Crippen LogP contribution in [0.1, 0.15) is 20.7 Å². The monoisotopic (exact) mass is 486 g/mol. The number of esters is 2. The van der Waals surface area contributed by atoms with Crippen LogP contribution in [0.5, 0.6) is 23.0 Å². The van der Waals surface area contributed by atoms with Crippen molar-refractivity contribution in [2.75, 3.05) is 14.2 Å². The van der Waals surface area contributed by atoms with Crippen molar-refractivity contribution in [3.63, 3.8) is 0 Å². The van der Waals surface area contributed by atoms with Crippen molar-refractivity contribution in [2.45, 2.75) is 0 Å². The molecule has 4 N–H and O–H groups in total. The second kappa shape index (κ2) is 9.71. The van der Waals surface area contributed by atoms with Gasteiger partial charge in [-0.15, -0.1) is 0 Å². The molecule has 8 nitrogen and oxygen atoms in total. The quantitative estimate of drug-likeness (QED) is 0.287. The van der Waals surface area contributed by atoms with E-state index in [-0.39, 0.29) is 34.1 Å². The van der Waals surface area contributed by atoms with Crippen molar-refractivity contribution in [1.82, 2.24) is 0 Å². The van der Waals surface area contributed by atoms with Crippen LogP contribution in [0.4, 0.5) is 0 Å². The van der Waals surface area contributed by atoms with Gasteiger partial charge in [-0.1, -0.05) is 48.5 Å². The molecule has 4 rings (SSSR count). The summed E-state index contributed by atoms with van der Waals surface area (Å²) in [7, 11) is 2.41. The number of hydrogen-bond donors (Lipinski definition) is 4. The van der Waals surface area contributed by atoms with Gasteiger partial charge in [-0.3, -0.25) is 0 Å². The Hall–Kier alpha value is -4.98. The summed E-state index contributed by atoms with van der Waals surface area (Å²) in [4.78, 5) is 24.4. The first-order valence-electron chi connectivity index (χ1n) is 10.7. The number of rotatable bonds is 5. The van der Waals surface area contributed by atoms with Crippen LogP contribution < -0.4 is 0 Å².